The van der Waals surface area contributed by atoms with Crippen molar-refractivity contribution in [1.29, 1.82) is 0 Å². The molecule has 2 heterocycles. The van der Waals surface area contributed by atoms with E-state index in [2.05, 4.69) is 50.2 Å². The lowest BCUT2D eigenvalue weighted by molar-refractivity contribution is -0.144. The van der Waals surface area contributed by atoms with Crippen LogP contribution in [0.15, 0.2) is 24.3 Å². The fourth-order valence-corrected chi connectivity index (χ4v) is 3.75. The molecule has 25 heavy (non-hydrogen) atoms. The summed E-state index contributed by atoms with van der Waals surface area (Å²) in [6.45, 7) is 5.93. The molecule has 1 aromatic carbocycles. The third-order valence-corrected chi connectivity index (χ3v) is 5.10. The van der Waals surface area contributed by atoms with Crippen molar-refractivity contribution >= 4 is 5.97 Å². The number of nitrogens with zero attached hydrogens (tertiary/aromatic N) is 3. The number of carbonyl (C=O) groups is 1. The molecule has 3 N–H and O–H groups in total. The smallest absolute Gasteiger partial charge is 0.307 e. The first-order valence-corrected chi connectivity index (χ1v) is 8.82. The van der Waals surface area contributed by atoms with Crippen molar-refractivity contribution in [1.82, 2.24) is 25.9 Å². The molecule has 134 valence electrons. The molecule has 1 saturated heterocycles. The average Bonchev–Trinajstić information content (AvgIpc) is 3.28. The molecular formula is C18H25N5O2. The van der Waals surface area contributed by atoms with E-state index in [0.29, 0.717) is 18.2 Å². The van der Waals surface area contributed by atoms with E-state index in [4.69, 9.17) is 0 Å². The molecule has 1 aromatic heterocycles. The lowest BCUT2D eigenvalue weighted by Gasteiger charge is -2.24. The quantitative estimate of drug-likeness (QED) is 0.710. The van der Waals surface area contributed by atoms with Crippen molar-refractivity contribution in [3.8, 4) is 0 Å². The number of tetrazole rings is 1. The van der Waals surface area contributed by atoms with Gasteiger partial charge in [-0.2, -0.15) is 5.21 Å². The van der Waals surface area contributed by atoms with Gasteiger partial charge in [0, 0.05) is 12.5 Å². The zero-order chi connectivity index (χ0) is 17.8. The van der Waals surface area contributed by atoms with Crippen LogP contribution in [-0.2, 0) is 11.2 Å². The number of H-pyrrole nitrogens is 1. The third-order valence-electron chi connectivity index (χ3n) is 5.10. The molecule has 1 aliphatic heterocycles. The number of carboxylic acids is 1. The normalized spacial score (nSPS) is 19.9. The number of nitrogens with one attached hydrogen (secondary N) is 2. The highest BCUT2D eigenvalue weighted by Crippen LogP contribution is 2.32. The summed E-state index contributed by atoms with van der Waals surface area (Å²) in [7, 11) is 0. The Kier molecular flexibility index (Phi) is 5.43. The van der Waals surface area contributed by atoms with Gasteiger partial charge in [-0.05, 0) is 42.3 Å². The Balaban J connectivity index is 1.81. The Labute approximate surface area is 147 Å². The standard InChI is InChI=1S/C18H25N5O2/c1-11(2)16(18(24)25)15(17-20-22-23-21-17)9-12-3-5-13(6-4-12)14-7-8-19-10-14/h3-6,11,14-16,19H,7-10H2,1-2H3,(H,24,25)(H,20,21,22,23)/t14?,15-,16?/m0/s1. The minimum atomic E-state index is -0.821. The van der Waals surface area contributed by atoms with Crippen LogP contribution >= 0.6 is 0 Å². The van der Waals surface area contributed by atoms with E-state index in [1.54, 1.807) is 0 Å². The van der Waals surface area contributed by atoms with Gasteiger partial charge in [0.2, 0.25) is 0 Å². The number of carboxylic acid groups (broad SMARTS) is 1. The van der Waals surface area contributed by atoms with Crippen molar-refractivity contribution in [3.63, 3.8) is 0 Å². The largest absolute Gasteiger partial charge is 0.481 e. The van der Waals surface area contributed by atoms with E-state index in [0.717, 1.165) is 18.7 Å². The van der Waals surface area contributed by atoms with E-state index < -0.39 is 11.9 Å². The van der Waals surface area contributed by atoms with Gasteiger partial charge in [-0.3, -0.25) is 4.79 Å². The van der Waals surface area contributed by atoms with Gasteiger partial charge in [0.25, 0.3) is 0 Å². The van der Waals surface area contributed by atoms with E-state index in [-0.39, 0.29) is 11.8 Å². The van der Waals surface area contributed by atoms with Gasteiger partial charge < -0.3 is 10.4 Å². The molecule has 7 nitrogen and oxygen atoms in total. The Hall–Kier alpha value is -2.28. The predicted molar refractivity (Wildman–Crippen MR) is 93.3 cm³/mol. The summed E-state index contributed by atoms with van der Waals surface area (Å²) in [5, 5.41) is 27.3. The second-order valence-electron chi connectivity index (χ2n) is 7.12. The van der Waals surface area contributed by atoms with Crippen molar-refractivity contribution in [2.45, 2.75) is 38.5 Å². The van der Waals surface area contributed by atoms with Crippen LogP contribution in [0, 0.1) is 11.8 Å². The van der Waals surface area contributed by atoms with Crippen LogP contribution in [0.3, 0.4) is 0 Å². The van der Waals surface area contributed by atoms with Crippen LogP contribution in [0.2, 0.25) is 0 Å². The van der Waals surface area contributed by atoms with Crippen LogP contribution in [0.4, 0.5) is 0 Å². The minimum Gasteiger partial charge on any atom is -0.481 e. The first-order valence-electron chi connectivity index (χ1n) is 8.82. The number of aromatic amines is 1. The summed E-state index contributed by atoms with van der Waals surface area (Å²) in [6.07, 6.45) is 1.75. The number of benzene rings is 1. The molecule has 2 unspecified atom stereocenters. The molecule has 1 fully saturated rings. The van der Waals surface area contributed by atoms with Gasteiger partial charge in [0.05, 0.1) is 5.92 Å². The van der Waals surface area contributed by atoms with Crippen LogP contribution in [0.1, 0.15) is 49.1 Å². The summed E-state index contributed by atoms with van der Waals surface area (Å²) < 4.78 is 0. The minimum absolute atomic E-state index is 0.0233. The van der Waals surface area contributed by atoms with E-state index >= 15 is 0 Å². The molecule has 0 aliphatic carbocycles. The van der Waals surface area contributed by atoms with Crippen LogP contribution in [-0.4, -0.2) is 44.8 Å². The molecule has 1 aliphatic rings. The molecule has 0 saturated carbocycles. The Morgan fingerprint density at radius 2 is 2.08 bits per heavy atom. The zero-order valence-electron chi connectivity index (χ0n) is 14.6. The summed E-state index contributed by atoms with van der Waals surface area (Å²) in [5.74, 6) is -0.676. The van der Waals surface area contributed by atoms with Crippen molar-refractivity contribution in [3.05, 3.63) is 41.2 Å². The highest BCUT2D eigenvalue weighted by molar-refractivity contribution is 5.71. The third kappa shape index (κ3) is 4.04. The molecule has 0 spiro atoms. The Bertz CT molecular complexity index is 678. The number of hydrogen-bond acceptors (Lipinski definition) is 5. The van der Waals surface area contributed by atoms with E-state index in [1.165, 1.54) is 12.0 Å². The fourth-order valence-electron chi connectivity index (χ4n) is 3.75. The molecule has 0 radical (unpaired) electrons. The first-order chi connectivity index (χ1) is 12.1. The first kappa shape index (κ1) is 17.5. The molecule has 3 rings (SSSR count). The summed E-state index contributed by atoms with van der Waals surface area (Å²) in [4.78, 5) is 11.8. The van der Waals surface area contributed by atoms with Gasteiger partial charge in [0.1, 0.15) is 0 Å². The molecular weight excluding hydrogens is 318 g/mol. The zero-order valence-corrected chi connectivity index (χ0v) is 14.6. The van der Waals surface area contributed by atoms with E-state index in [1.807, 2.05) is 13.8 Å². The average molecular weight is 343 g/mol. The lowest BCUT2D eigenvalue weighted by atomic mass is 9.79. The Morgan fingerprint density at radius 3 is 2.60 bits per heavy atom. The molecule has 7 heteroatoms. The predicted octanol–water partition coefficient (Wildman–Crippen LogP) is 1.96. The molecule has 0 bridgehead atoms. The molecule has 2 aromatic rings. The monoisotopic (exact) mass is 343 g/mol. The topological polar surface area (TPSA) is 104 Å². The summed E-state index contributed by atoms with van der Waals surface area (Å²) in [5.41, 5.74) is 2.43. The fraction of sp³-hybridized carbons (Fsp3) is 0.556. The van der Waals surface area contributed by atoms with Gasteiger partial charge in [-0.25, -0.2) is 0 Å². The van der Waals surface area contributed by atoms with Crippen LogP contribution in [0.25, 0.3) is 0 Å². The second-order valence-corrected chi connectivity index (χ2v) is 7.12. The van der Waals surface area contributed by atoms with Gasteiger partial charge in [0.15, 0.2) is 5.82 Å². The maximum atomic E-state index is 11.8. The van der Waals surface area contributed by atoms with Crippen molar-refractivity contribution in [2.75, 3.05) is 13.1 Å². The Morgan fingerprint density at radius 1 is 1.32 bits per heavy atom. The van der Waals surface area contributed by atoms with Gasteiger partial charge in [-0.15, -0.1) is 10.2 Å². The van der Waals surface area contributed by atoms with Gasteiger partial charge in [-0.1, -0.05) is 43.3 Å². The number of aromatic nitrogens is 4. The highest BCUT2D eigenvalue weighted by atomic mass is 16.4. The number of aliphatic carboxylic acids is 1. The maximum Gasteiger partial charge on any atom is 0.307 e. The van der Waals surface area contributed by atoms with Crippen molar-refractivity contribution < 1.29 is 9.90 Å². The second kappa shape index (κ2) is 7.74. The number of rotatable bonds is 7. The SMILES string of the molecule is CC(C)C(C(=O)O)[C@H](Cc1ccc(C2CCNC2)cc1)c1nn[nH]n1. The maximum absolute atomic E-state index is 11.8. The molecule has 3 atom stereocenters. The summed E-state index contributed by atoms with van der Waals surface area (Å²) >= 11 is 0. The van der Waals surface area contributed by atoms with E-state index in [9.17, 15) is 9.90 Å². The summed E-state index contributed by atoms with van der Waals surface area (Å²) in [6, 6.07) is 8.51. The van der Waals surface area contributed by atoms with Gasteiger partial charge >= 0.3 is 5.97 Å². The lowest BCUT2D eigenvalue weighted by Crippen LogP contribution is -2.29. The molecule has 0 amide bonds. The number of hydrogen-bond donors (Lipinski definition) is 3. The van der Waals surface area contributed by atoms with Crippen molar-refractivity contribution in [2.24, 2.45) is 11.8 Å². The van der Waals surface area contributed by atoms with Crippen LogP contribution < -0.4 is 5.32 Å². The van der Waals surface area contributed by atoms with Crippen LogP contribution in [0.5, 0.6) is 0 Å². The highest BCUT2D eigenvalue weighted by Gasteiger charge is 2.35.